The van der Waals surface area contributed by atoms with E-state index in [1.165, 1.54) is 25.7 Å². The van der Waals surface area contributed by atoms with Gasteiger partial charge in [0.1, 0.15) is 11.3 Å². The summed E-state index contributed by atoms with van der Waals surface area (Å²) in [4.78, 5) is 9.31. The Kier molecular flexibility index (Phi) is 2.07. The van der Waals surface area contributed by atoms with Crippen LogP contribution >= 0.6 is 0 Å². The second-order valence-corrected chi connectivity index (χ2v) is 5.75. The smallest absolute Gasteiger partial charge is 0.160 e. The number of rotatable bonds is 2. The molecule has 0 amide bonds. The highest BCUT2D eigenvalue weighted by molar-refractivity contribution is 5.72. The number of imidazole rings is 1. The van der Waals surface area contributed by atoms with Crippen LogP contribution in [0.1, 0.15) is 50.4 Å². The Bertz CT molecular complexity index is 591. The second kappa shape index (κ2) is 3.54. The molecule has 2 fully saturated rings. The summed E-state index contributed by atoms with van der Waals surface area (Å²) in [6.45, 7) is 0. The molecule has 2 saturated carbocycles. The molecule has 0 spiro atoms. The van der Waals surface area contributed by atoms with Gasteiger partial charge in [-0.1, -0.05) is 12.8 Å². The summed E-state index contributed by atoms with van der Waals surface area (Å²) >= 11 is 0. The van der Waals surface area contributed by atoms with Gasteiger partial charge in [0, 0.05) is 12.2 Å². The van der Waals surface area contributed by atoms with Crippen LogP contribution in [0.3, 0.4) is 0 Å². The van der Waals surface area contributed by atoms with Crippen LogP contribution in [0, 0.1) is 0 Å². The molecule has 0 aromatic carbocycles. The summed E-state index contributed by atoms with van der Waals surface area (Å²) in [6.07, 6.45) is 8.89. The van der Waals surface area contributed by atoms with Crippen LogP contribution in [0.4, 0.5) is 0 Å². The third-order valence-corrected chi connectivity index (χ3v) is 4.30. The Morgan fingerprint density at radius 1 is 1.28 bits per heavy atom. The van der Waals surface area contributed by atoms with E-state index in [9.17, 15) is 0 Å². The van der Waals surface area contributed by atoms with E-state index < -0.39 is 0 Å². The fraction of sp³-hybridized carbons (Fsp3) is 0.571. The first-order valence-corrected chi connectivity index (χ1v) is 6.90. The van der Waals surface area contributed by atoms with Crippen molar-refractivity contribution in [1.29, 1.82) is 0 Å². The van der Waals surface area contributed by atoms with Crippen molar-refractivity contribution < 1.29 is 0 Å². The number of hydrogen-bond donors (Lipinski definition) is 1. The van der Waals surface area contributed by atoms with Gasteiger partial charge in [0.25, 0.3) is 0 Å². The van der Waals surface area contributed by atoms with Crippen LogP contribution in [-0.2, 0) is 5.54 Å². The molecule has 2 aliphatic rings. The zero-order valence-corrected chi connectivity index (χ0v) is 10.5. The third-order valence-electron chi connectivity index (χ3n) is 4.30. The van der Waals surface area contributed by atoms with Gasteiger partial charge >= 0.3 is 0 Å². The van der Waals surface area contributed by atoms with Crippen molar-refractivity contribution in [3.63, 3.8) is 0 Å². The number of fused-ring (bicyclic) bond motifs is 1. The molecular weight excluding hydrogens is 224 g/mol. The molecule has 18 heavy (non-hydrogen) atoms. The maximum Gasteiger partial charge on any atom is 0.160 e. The van der Waals surface area contributed by atoms with Crippen molar-refractivity contribution >= 4 is 11.2 Å². The van der Waals surface area contributed by atoms with E-state index in [2.05, 4.69) is 9.55 Å². The highest BCUT2D eigenvalue weighted by Gasteiger charge is 2.39. The number of nitrogens with two attached hydrogens (primary N) is 1. The average Bonchev–Trinajstić information content (AvgIpc) is 2.99. The van der Waals surface area contributed by atoms with E-state index in [4.69, 9.17) is 10.7 Å². The standard InChI is InChI=1S/C14H18N4/c15-14(7-1-2-8-14)13-17-11-4-3-9-16-12(11)18(13)10-5-6-10/h3-4,9-10H,1-2,5-8,15H2. The Balaban J connectivity index is 1.96. The molecule has 4 nitrogen and oxygen atoms in total. The lowest BCUT2D eigenvalue weighted by molar-refractivity contribution is 0.411. The van der Waals surface area contributed by atoms with E-state index in [1.54, 1.807) is 0 Å². The molecule has 0 radical (unpaired) electrons. The predicted octanol–water partition coefficient (Wildman–Crippen LogP) is 2.49. The topological polar surface area (TPSA) is 56.7 Å². The molecule has 2 N–H and O–H groups in total. The predicted molar refractivity (Wildman–Crippen MR) is 70.1 cm³/mol. The minimum Gasteiger partial charge on any atom is -0.319 e. The summed E-state index contributed by atoms with van der Waals surface area (Å²) in [5.74, 6) is 1.08. The summed E-state index contributed by atoms with van der Waals surface area (Å²) in [6, 6.07) is 4.58. The molecule has 2 aliphatic carbocycles. The van der Waals surface area contributed by atoms with Crippen molar-refractivity contribution in [1.82, 2.24) is 14.5 Å². The summed E-state index contributed by atoms with van der Waals surface area (Å²) in [5, 5.41) is 0. The van der Waals surface area contributed by atoms with Gasteiger partial charge in [0.05, 0.1) is 5.54 Å². The van der Waals surface area contributed by atoms with E-state index in [1.807, 2.05) is 18.3 Å². The quantitative estimate of drug-likeness (QED) is 0.880. The van der Waals surface area contributed by atoms with E-state index >= 15 is 0 Å². The summed E-state index contributed by atoms with van der Waals surface area (Å²) in [7, 11) is 0. The van der Waals surface area contributed by atoms with Crippen molar-refractivity contribution in [3.05, 3.63) is 24.2 Å². The Labute approximate surface area is 106 Å². The first kappa shape index (κ1) is 10.5. The van der Waals surface area contributed by atoms with E-state index in [0.29, 0.717) is 6.04 Å². The Hall–Kier alpha value is -1.42. The zero-order chi connectivity index (χ0) is 12.2. The molecule has 2 aromatic heterocycles. The van der Waals surface area contributed by atoms with Gasteiger partial charge in [0.2, 0.25) is 0 Å². The summed E-state index contributed by atoms with van der Waals surface area (Å²) in [5.41, 5.74) is 8.40. The Morgan fingerprint density at radius 2 is 2.06 bits per heavy atom. The van der Waals surface area contributed by atoms with Gasteiger partial charge < -0.3 is 10.3 Å². The van der Waals surface area contributed by atoms with Gasteiger partial charge in [-0.3, -0.25) is 0 Å². The van der Waals surface area contributed by atoms with Crippen LogP contribution in [0.15, 0.2) is 18.3 Å². The normalized spacial score (nSPS) is 22.7. The number of aromatic nitrogens is 3. The molecule has 0 saturated heterocycles. The van der Waals surface area contributed by atoms with Gasteiger partial charge in [-0.2, -0.15) is 0 Å². The minimum absolute atomic E-state index is 0.219. The first-order valence-electron chi connectivity index (χ1n) is 6.90. The maximum atomic E-state index is 6.60. The van der Waals surface area contributed by atoms with Gasteiger partial charge in [0.15, 0.2) is 5.65 Å². The molecule has 2 aromatic rings. The largest absolute Gasteiger partial charge is 0.319 e. The van der Waals surface area contributed by atoms with Crippen molar-refractivity contribution in [2.75, 3.05) is 0 Å². The monoisotopic (exact) mass is 242 g/mol. The van der Waals surface area contributed by atoms with Gasteiger partial charge in [-0.05, 0) is 37.8 Å². The first-order chi connectivity index (χ1) is 8.78. The third kappa shape index (κ3) is 1.42. The lowest BCUT2D eigenvalue weighted by Gasteiger charge is -2.24. The van der Waals surface area contributed by atoms with Crippen LogP contribution in [0.25, 0.3) is 11.2 Å². The zero-order valence-electron chi connectivity index (χ0n) is 10.5. The Morgan fingerprint density at radius 3 is 2.78 bits per heavy atom. The van der Waals surface area contributed by atoms with Crippen LogP contribution in [0.2, 0.25) is 0 Å². The van der Waals surface area contributed by atoms with Gasteiger partial charge in [-0.25, -0.2) is 9.97 Å². The second-order valence-electron chi connectivity index (χ2n) is 5.75. The molecule has 4 rings (SSSR count). The molecular formula is C14H18N4. The van der Waals surface area contributed by atoms with Crippen molar-refractivity contribution in [2.45, 2.75) is 50.1 Å². The SMILES string of the molecule is NC1(c2nc3cccnc3n2C2CC2)CCCC1. The van der Waals surface area contributed by atoms with E-state index in [-0.39, 0.29) is 5.54 Å². The lowest BCUT2D eigenvalue weighted by Crippen LogP contribution is -2.36. The van der Waals surface area contributed by atoms with Crippen LogP contribution in [0.5, 0.6) is 0 Å². The van der Waals surface area contributed by atoms with Crippen LogP contribution in [-0.4, -0.2) is 14.5 Å². The average molecular weight is 242 g/mol. The van der Waals surface area contributed by atoms with Crippen molar-refractivity contribution in [2.24, 2.45) is 5.73 Å². The minimum atomic E-state index is -0.219. The molecule has 0 aliphatic heterocycles. The summed E-state index contributed by atoms with van der Waals surface area (Å²) < 4.78 is 2.32. The maximum absolute atomic E-state index is 6.60. The lowest BCUT2D eigenvalue weighted by atomic mass is 9.98. The molecule has 0 atom stereocenters. The fourth-order valence-corrected chi connectivity index (χ4v) is 3.19. The highest BCUT2D eigenvalue weighted by Crippen LogP contribution is 2.43. The number of hydrogen-bond acceptors (Lipinski definition) is 3. The van der Waals surface area contributed by atoms with Crippen LogP contribution < -0.4 is 5.73 Å². The molecule has 0 bridgehead atoms. The molecule has 0 unspecified atom stereocenters. The number of pyridine rings is 1. The molecule has 94 valence electrons. The fourth-order valence-electron chi connectivity index (χ4n) is 3.19. The molecule has 4 heteroatoms. The molecule has 2 heterocycles. The van der Waals surface area contributed by atoms with Crippen molar-refractivity contribution in [3.8, 4) is 0 Å². The number of nitrogens with zero attached hydrogens (tertiary/aromatic N) is 3. The highest BCUT2D eigenvalue weighted by atomic mass is 15.2. The van der Waals surface area contributed by atoms with E-state index in [0.717, 1.165) is 29.8 Å². The van der Waals surface area contributed by atoms with Gasteiger partial charge in [-0.15, -0.1) is 0 Å².